The van der Waals surface area contributed by atoms with E-state index in [1.54, 1.807) is 12.2 Å². The van der Waals surface area contributed by atoms with E-state index in [1.807, 2.05) is 0 Å². The number of rotatable bonds is 0. The Labute approximate surface area is 89.6 Å². The van der Waals surface area contributed by atoms with Crippen LogP contribution in [0.2, 0.25) is 0 Å². The van der Waals surface area contributed by atoms with Gasteiger partial charge in [-0.25, -0.2) is 4.79 Å². The van der Waals surface area contributed by atoms with Crippen molar-refractivity contribution in [2.75, 3.05) is 0 Å². The molecule has 3 aliphatic rings. The van der Waals surface area contributed by atoms with E-state index in [9.17, 15) is 14.0 Å². The number of alkyl halides is 1. The molecule has 1 fully saturated rings. The Bertz CT molecular complexity index is 494. The number of hydrogen-bond donors (Lipinski definition) is 2. The predicted octanol–water partition coefficient (Wildman–Crippen LogP) is 0.270. The van der Waals surface area contributed by atoms with Crippen LogP contribution in [0.4, 0.5) is 9.18 Å². The number of halogens is 1. The van der Waals surface area contributed by atoms with Crippen LogP contribution in [0.3, 0.4) is 0 Å². The minimum Gasteiger partial charge on any atom is -0.456 e. The summed E-state index contributed by atoms with van der Waals surface area (Å²) in [6.07, 6.45) is 4.21. The lowest BCUT2D eigenvalue weighted by Crippen LogP contribution is -2.47. The standard InChI is InChI=1S/C10H7FN2O3/c11-7-4-5-6(16-7)2-1-3-10(5)8(14)12-9(15)13-10/h1-4,7H,(H2,12,13,14,15). The number of carbonyl (C=O) groups excluding carboxylic acids is 2. The lowest BCUT2D eigenvalue weighted by Gasteiger charge is -2.25. The zero-order valence-corrected chi connectivity index (χ0v) is 7.99. The van der Waals surface area contributed by atoms with Crippen molar-refractivity contribution in [2.24, 2.45) is 0 Å². The van der Waals surface area contributed by atoms with E-state index in [4.69, 9.17) is 4.74 Å². The number of imide groups is 1. The SMILES string of the molecule is O=C1NC(=O)C2(C=CC=C3OC(F)C=C32)N1. The maximum atomic E-state index is 13.1. The smallest absolute Gasteiger partial charge is 0.322 e. The monoisotopic (exact) mass is 222 g/mol. The highest BCUT2D eigenvalue weighted by molar-refractivity contribution is 6.11. The van der Waals surface area contributed by atoms with Crippen molar-refractivity contribution in [3.05, 3.63) is 35.6 Å². The number of fused-ring (bicyclic) bond motifs is 2. The van der Waals surface area contributed by atoms with Crippen molar-refractivity contribution in [3.8, 4) is 0 Å². The van der Waals surface area contributed by atoms with E-state index in [1.165, 1.54) is 12.2 Å². The van der Waals surface area contributed by atoms with Crippen molar-refractivity contribution in [1.82, 2.24) is 10.6 Å². The molecule has 0 bridgehead atoms. The van der Waals surface area contributed by atoms with Gasteiger partial charge < -0.3 is 10.1 Å². The third-order valence-electron chi connectivity index (χ3n) is 2.72. The van der Waals surface area contributed by atoms with Crippen LogP contribution in [0.5, 0.6) is 0 Å². The molecular formula is C10H7FN2O3. The Kier molecular flexibility index (Phi) is 1.55. The minimum atomic E-state index is -1.58. The zero-order valence-electron chi connectivity index (χ0n) is 7.99. The van der Waals surface area contributed by atoms with Gasteiger partial charge in [0, 0.05) is 5.57 Å². The van der Waals surface area contributed by atoms with Gasteiger partial charge in [0.25, 0.3) is 12.3 Å². The van der Waals surface area contributed by atoms with E-state index in [2.05, 4.69) is 10.6 Å². The first-order chi connectivity index (χ1) is 7.62. The number of hydrogen-bond acceptors (Lipinski definition) is 3. The average molecular weight is 222 g/mol. The Balaban J connectivity index is 2.13. The largest absolute Gasteiger partial charge is 0.456 e. The average Bonchev–Trinajstić information content (AvgIpc) is 2.70. The molecule has 0 aromatic heterocycles. The second-order valence-corrected chi connectivity index (χ2v) is 3.66. The molecule has 0 aromatic carbocycles. The van der Waals surface area contributed by atoms with E-state index < -0.39 is 23.8 Å². The number of nitrogens with one attached hydrogen (secondary N) is 2. The quantitative estimate of drug-likeness (QED) is 0.578. The first-order valence-electron chi connectivity index (χ1n) is 4.68. The summed E-state index contributed by atoms with van der Waals surface area (Å²) in [5.41, 5.74) is -0.979. The lowest BCUT2D eigenvalue weighted by atomic mass is 9.85. The molecule has 2 heterocycles. The molecule has 2 N–H and O–H groups in total. The van der Waals surface area contributed by atoms with E-state index in [0.29, 0.717) is 5.57 Å². The zero-order chi connectivity index (χ0) is 11.3. The molecular weight excluding hydrogens is 215 g/mol. The number of allylic oxidation sites excluding steroid dienone is 2. The van der Waals surface area contributed by atoms with Gasteiger partial charge in [0.15, 0.2) is 5.54 Å². The molecule has 1 spiro atoms. The third-order valence-corrected chi connectivity index (χ3v) is 2.72. The lowest BCUT2D eigenvalue weighted by molar-refractivity contribution is -0.121. The molecule has 1 saturated heterocycles. The third kappa shape index (κ3) is 0.982. The predicted molar refractivity (Wildman–Crippen MR) is 50.7 cm³/mol. The van der Waals surface area contributed by atoms with Crippen LogP contribution in [0.15, 0.2) is 35.6 Å². The van der Waals surface area contributed by atoms with Gasteiger partial charge in [0.2, 0.25) is 0 Å². The van der Waals surface area contributed by atoms with Crippen LogP contribution in [-0.2, 0) is 9.53 Å². The topological polar surface area (TPSA) is 67.4 Å². The van der Waals surface area contributed by atoms with Gasteiger partial charge in [-0.3, -0.25) is 10.1 Å². The number of carbonyl (C=O) groups is 2. The van der Waals surface area contributed by atoms with Crippen LogP contribution in [0, 0.1) is 0 Å². The summed E-state index contributed by atoms with van der Waals surface area (Å²) in [6, 6.07) is -0.598. The fourth-order valence-electron chi connectivity index (χ4n) is 2.03. The molecule has 3 amide bonds. The van der Waals surface area contributed by atoms with Crippen molar-refractivity contribution in [2.45, 2.75) is 11.9 Å². The van der Waals surface area contributed by atoms with Crippen molar-refractivity contribution < 1.29 is 18.7 Å². The van der Waals surface area contributed by atoms with Gasteiger partial charge in [-0.15, -0.1) is 0 Å². The molecule has 2 unspecified atom stereocenters. The van der Waals surface area contributed by atoms with Crippen molar-refractivity contribution in [1.29, 1.82) is 0 Å². The van der Waals surface area contributed by atoms with Crippen LogP contribution >= 0.6 is 0 Å². The highest BCUT2D eigenvalue weighted by Crippen LogP contribution is 2.37. The molecule has 2 atom stereocenters. The van der Waals surface area contributed by atoms with Crippen LogP contribution in [0.25, 0.3) is 0 Å². The van der Waals surface area contributed by atoms with Crippen molar-refractivity contribution >= 4 is 11.9 Å². The first-order valence-corrected chi connectivity index (χ1v) is 4.68. The van der Waals surface area contributed by atoms with E-state index in [0.717, 1.165) is 0 Å². The van der Waals surface area contributed by atoms with E-state index in [-0.39, 0.29) is 5.76 Å². The summed E-state index contributed by atoms with van der Waals surface area (Å²) in [5.74, 6) is -0.254. The molecule has 1 aliphatic carbocycles. The van der Waals surface area contributed by atoms with Crippen LogP contribution in [-0.4, -0.2) is 23.8 Å². The second-order valence-electron chi connectivity index (χ2n) is 3.66. The van der Waals surface area contributed by atoms with E-state index >= 15 is 0 Å². The molecule has 0 radical (unpaired) electrons. The Morgan fingerprint density at radius 3 is 2.94 bits per heavy atom. The first kappa shape index (κ1) is 9.14. The Morgan fingerprint density at radius 2 is 2.25 bits per heavy atom. The van der Waals surface area contributed by atoms with Gasteiger partial charge in [0.05, 0.1) is 0 Å². The Morgan fingerprint density at radius 1 is 1.44 bits per heavy atom. The summed E-state index contributed by atoms with van der Waals surface area (Å²) in [6.45, 7) is 0. The number of ether oxygens (including phenoxy) is 1. The molecule has 3 rings (SSSR count). The minimum absolute atomic E-state index is 0.271. The highest BCUT2D eigenvalue weighted by Gasteiger charge is 2.51. The normalized spacial score (nSPS) is 35.2. The summed E-state index contributed by atoms with van der Waals surface area (Å²) < 4.78 is 17.9. The molecule has 0 aromatic rings. The number of amides is 3. The van der Waals surface area contributed by atoms with Gasteiger partial charge in [-0.05, 0) is 18.2 Å². The summed E-state index contributed by atoms with van der Waals surface area (Å²) in [4.78, 5) is 22.9. The summed E-state index contributed by atoms with van der Waals surface area (Å²) in [5, 5.41) is 4.59. The molecule has 0 saturated carbocycles. The van der Waals surface area contributed by atoms with Crippen molar-refractivity contribution in [3.63, 3.8) is 0 Å². The Hall–Kier alpha value is -2.11. The molecule has 2 aliphatic heterocycles. The second kappa shape index (κ2) is 2.72. The molecule has 6 heteroatoms. The fraction of sp³-hybridized carbons (Fsp3) is 0.200. The summed E-state index contributed by atoms with van der Waals surface area (Å²) in [7, 11) is 0. The maximum absolute atomic E-state index is 13.1. The molecule has 5 nitrogen and oxygen atoms in total. The fourth-order valence-corrected chi connectivity index (χ4v) is 2.03. The van der Waals surface area contributed by atoms with Crippen LogP contribution in [0.1, 0.15) is 0 Å². The molecule has 82 valence electrons. The maximum Gasteiger partial charge on any atom is 0.322 e. The van der Waals surface area contributed by atoms with Gasteiger partial charge >= 0.3 is 6.03 Å². The van der Waals surface area contributed by atoms with Crippen LogP contribution < -0.4 is 10.6 Å². The van der Waals surface area contributed by atoms with Gasteiger partial charge in [-0.1, -0.05) is 6.08 Å². The summed E-state index contributed by atoms with van der Waals surface area (Å²) >= 11 is 0. The van der Waals surface area contributed by atoms with Gasteiger partial charge in [0.1, 0.15) is 5.76 Å². The highest BCUT2D eigenvalue weighted by atomic mass is 19.1. The number of urea groups is 1. The van der Waals surface area contributed by atoms with Gasteiger partial charge in [-0.2, -0.15) is 4.39 Å². The molecule has 16 heavy (non-hydrogen) atoms.